The summed E-state index contributed by atoms with van der Waals surface area (Å²) in [6.07, 6.45) is 2.86. The number of carbonyl (C=O) groups is 1. The Labute approximate surface area is 179 Å². The Hall–Kier alpha value is -2.19. The van der Waals surface area contributed by atoms with Crippen LogP contribution < -0.4 is 10.6 Å². The molecule has 1 heterocycles. The van der Waals surface area contributed by atoms with Crippen molar-refractivity contribution in [2.75, 3.05) is 53.5 Å². The van der Waals surface area contributed by atoms with E-state index in [1.54, 1.807) is 19.0 Å². The normalized spacial score (nSPS) is 15.8. The fraction of sp³-hybridized carbons (Fsp3) is 0.636. The van der Waals surface area contributed by atoms with Crippen molar-refractivity contribution in [1.29, 1.82) is 0 Å². The average molecular weight is 422 g/mol. The van der Waals surface area contributed by atoms with Gasteiger partial charge < -0.3 is 20.3 Å². The summed E-state index contributed by atoms with van der Waals surface area (Å²) >= 11 is 0. The number of amides is 1. The molecule has 1 amide bonds. The van der Waals surface area contributed by atoms with E-state index in [0.717, 1.165) is 51.0 Å². The maximum Gasteiger partial charge on any atom is 0.243 e. The van der Waals surface area contributed by atoms with Crippen molar-refractivity contribution in [1.82, 2.24) is 20.4 Å². The highest BCUT2D eigenvalue weighted by molar-refractivity contribution is 5.84. The van der Waals surface area contributed by atoms with Crippen molar-refractivity contribution >= 4 is 11.9 Å². The highest BCUT2D eigenvalue weighted by Crippen LogP contribution is 2.14. The number of nitrogens with zero attached hydrogens (tertiary/aromatic N) is 3. The summed E-state index contributed by atoms with van der Waals surface area (Å²) in [4.78, 5) is 20.3. The van der Waals surface area contributed by atoms with Gasteiger partial charge in [0.05, 0.1) is 0 Å². The molecule has 0 aliphatic carbocycles. The molecule has 0 aromatic heterocycles. The zero-order valence-electron chi connectivity index (χ0n) is 18.5. The SMILES string of the molecule is CCOCCCNC(=NCC(=O)N(C)C)NC1CCN(Cc2ccc(F)cc2)CC1. The molecule has 0 saturated carbocycles. The highest BCUT2D eigenvalue weighted by Gasteiger charge is 2.20. The molecule has 1 aliphatic heterocycles. The van der Waals surface area contributed by atoms with Gasteiger partial charge in [-0.25, -0.2) is 9.38 Å². The van der Waals surface area contributed by atoms with Crippen LogP contribution in [0.15, 0.2) is 29.3 Å². The van der Waals surface area contributed by atoms with Crippen molar-refractivity contribution in [3.8, 4) is 0 Å². The lowest BCUT2D eigenvalue weighted by Crippen LogP contribution is -2.49. The number of piperidine rings is 1. The number of hydrogen-bond donors (Lipinski definition) is 2. The van der Waals surface area contributed by atoms with Gasteiger partial charge in [0.1, 0.15) is 12.4 Å². The Morgan fingerprint density at radius 3 is 2.60 bits per heavy atom. The second kappa shape index (κ2) is 13.2. The van der Waals surface area contributed by atoms with Gasteiger partial charge in [0, 0.05) is 59.5 Å². The lowest BCUT2D eigenvalue weighted by atomic mass is 10.0. The number of halogens is 1. The Bertz CT molecular complexity index is 658. The van der Waals surface area contributed by atoms with E-state index in [1.165, 1.54) is 12.1 Å². The topological polar surface area (TPSA) is 69.2 Å². The first kappa shape index (κ1) is 24.1. The second-order valence-electron chi connectivity index (χ2n) is 7.75. The largest absolute Gasteiger partial charge is 0.382 e. The number of carbonyl (C=O) groups excluding carboxylic acids is 1. The average Bonchev–Trinajstić information content (AvgIpc) is 2.74. The Kier molecular flexibility index (Phi) is 10.6. The second-order valence-corrected chi connectivity index (χ2v) is 7.75. The van der Waals surface area contributed by atoms with E-state index in [1.807, 2.05) is 19.1 Å². The molecule has 1 aromatic rings. The molecule has 0 unspecified atom stereocenters. The monoisotopic (exact) mass is 421 g/mol. The van der Waals surface area contributed by atoms with Crippen LogP contribution in [0.4, 0.5) is 4.39 Å². The van der Waals surface area contributed by atoms with Crippen LogP contribution in [0.2, 0.25) is 0 Å². The number of ether oxygens (including phenoxy) is 1. The van der Waals surface area contributed by atoms with E-state index < -0.39 is 0 Å². The molecule has 2 N–H and O–H groups in total. The van der Waals surface area contributed by atoms with Gasteiger partial charge in [-0.3, -0.25) is 9.69 Å². The van der Waals surface area contributed by atoms with Gasteiger partial charge in [-0.15, -0.1) is 0 Å². The minimum atomic E-state index is -0.199. The van der Waals surface area contributed by atoms with Gasteiger partial charge in [0.2, 0.25) is 5.91 Å². The molecule has 7 nitrogen and oxygen atoms in total. The molecular weight excluding hydrogens is 385 g/mol. The van der Waals surface area contributed by atoms with Crippen LogP contribution in [0, 0.1) is 5.82 Å². The minimum Gasteiger partial charge on any atom is -0.382 e. The number of benzene rings is 1. The summed E-state index contributed by atoms with van der Waals surface area (Å²) in [5.41, 5.74) is 1.13. The lowest BCUT2D eigenvalue weighted by molar-refractivity contribution is -0.127. The number of guanidine groups is 1. The third kappa shape index (κ3) is 9.09. The van der Waals surface area contributed by atoms with Crippen molar-refractivity contribution in [2.45, 2.75) is 38.8 Å². The van der Waals surface area contributed by atoms with Crippen LogP contribution >= 0.6 is 0 Å². The highest BCUT2D eigenvalue weighted by atomic mass is 19.1. The molecule has 1 fully saturated rings. The molecule has 2 rings (SSSR count). The molecule has 168 valence electrons. The third-order valence-corrected chi connectivity index (χ3v) is 5.08. The van der Waals surface area contributed by atoms with Gasteiger partial charge in [-0.05, 0) is 43.9 Å². The van der Waals surface area contributed by atoms with Crippen LogP contribution in [0.3, 0.4) is 0 Å². The van der Waals surface area contributed by atoms with Crippen LogP contribution in [0.1, 0.15) is 31.7 Å². The van der Waals surface area contributed by atoms with Gasteiger partial charge in [-0.1, -0.05) is 12.1 Å². The third-order valence-electron chi connectivity index (χ3n) is 5.08. The fourth-order valence-corrected chi connectivity index (χ4v) is 3.24. The number of nitrogens with one attached hydrogen (secondary N) is 2. The van der Waals surface area contributed by atoms with Crippen molar-refractivity contribution in [2.24, 2.45) is 4.99 Å². The van der Waals surface area contributed by atoms with Gasteiger partial charge in [0.15, 0.2) is 5.96 Å². The molecule has 0 bridgehead atoms. The number of aliphatic imine (C=N–C) groups is 1. The van der Waals surface area contributed by atoms with E-state index in [4.69, 9.17) is 4.74 Å². The molecule has 1 aromatic carbocycles. The summed E-state index contributed by atoms with van der Waals surface area (Å²) in [7, 11) is 3.47. The molecule has 30 heavy (non-hydrogen) atoms. The maximum absolute atomic E-state index is 13.1. The van der Waals surface area contributed by atoms with Crippen molar-refractivity contribution in [3.05, 3.63) is 35.6 Å². The van der Waals surface area contributed by atoms with E-state index in [9.17, 15) is 9.18 Å². The quantitative estimate of drug-likeness (QED) is 0.343. The van der Waals surface area contributed by atoms with Crippen LogP contribution in [0.5, 0.6) is 0 Å². The number of rotatable bonds is 10. The van der Waals surface area contributed by atoms with E-state index in [2.05, 4.69) is 20.5 Å². The molecule has 0 spiro atoms. The fourth-order valence-electron chi connectivity index (χ4n) is 3.24. The number of likely N-dealkylation sites (tertiary alicyclic amines) is 1. The van der Waals surface area contributed by atoms with Gasteiger partial charge in [0.25, 0.3) is 0 Å². The molecule has 1 aliphatic rings. The van der Waals surface area contributed by atoms with Crippen molar-refractivity contribution in [3.63, 3.8) is 0 Å². The van der Waals surface area contributed by atoms with Crippen LogP contribution in [0.25, 0.3) is 0 Å². The molecule has 1 saturated heterocycles. The zero-order chi connectivity index (χ0) is 21.8. The molecule has 0 atom stereocenters. The molecule has 0 radical (unpaired) electrons. The first-order valence-electron chi connectivity index (χ1n) is 10.8. The first-order valence-corrected chi connectivity index (χ1v) is 10.8. The summed E-state index contributed by atoms with van der Waals surface area (Å²) in [6.45, 7) is 7.02. The van der Waals surface area contributed by atoms with E-state index in [0.29, 0.717) is 25.2 Å². The number of hydrogen-bond acceptors (Lipinski definition) is 4. The van der Waals surface area contributed by atoms with Crippen LogP contribution in [-0.2, 0) is 16.1 Å². The predicted octanol–water partition coefficient (Wildman–Crippen LogP) is 1.84. The van der Waals surface area contributed by atoms with Gasteiger partial charge >= 0.3 is 0 Å². The van der Waals surface area contributed by atoms with Crippen LogP contribution in [-0.4, -0.2) is 81.2 Å². The Balaban J connectivity index is 1.81. The summed E-state index contributed by atoms with van der Waals surface area (Å²) in [6, 6.07) is 7.02. The lowest BCUT2D eigenvalue weighted by Gasteiger charge is -2.33. The van der Waals surface area contributed by atoms with E-state index in [-0.39, 0.29) is 18.3 Å². The maximum atomic E-state index is 13.1. The predicted molar refractivity (Wildman–Crippen MR) is 118 cm³/mol. The smallest absolute Gasteiger partial charge is 0.243 e. The summed E-state index contributed by atoms with van der Waals surface area (Å²) < 4.78 is 18.4. The standard InChI is InChI=1S/C22H36FN5O2/c1-4-30-15-5-12-24-22(25-16-21(29)27(2)3)26-20-10-13-28(14-11-20)17-18-6-8-19(23)9-7-18/h6-9,20H,4-5,10-17H2,1-3H3,(H2,24,25,26). The Morgan fingerprint density at radius 1 is 1.27 bits per heavy atom. The van der Waals surface area contributed by atoms with Crippen molar-refractivity contribution < 1.29 is 13.9 Å². The van der Waals surface area contributed by atoms with Gasteiger partial charge in [-0.2, -0.15) is 0 Å². The minimum absolute atomic E-state index is 0.0282. The molecule has 8 heteroatoms. The zero-order valence-corrected chi connectivity index (χ0v) is 18.5. The number of likely N-dealkylation sites (N-methyl/N-ethyl adjacent to an activating group) is 1. The summed E-state index contributed by atoms with van der Waals surface area (Å²) in [5.74, 6) is 0.452. The van der Waals surface area contributed by atoms with E-state index >= 15 is 0 Å². The first-order chi connectivity index (χ1) is 14.5. The molecular formula is C22H36FN5O2. The Morgan fingerprint density at radius 2 is 1.97 bits per heavy atom. The summed E-state index contributed by atoms with van der Waals surface area (Å²) in [5, 5.41) is 6.80.